The standard InChI is InChI=1S/C14H18FNO/c1-2-12-13(4-3-5-14(12)15)11-6-8-16(10-17)9-7-11/h3-5,10-11H,2,6-9H2,1H3. The summed E-state index contributed by atoms with van der Waals surface area (Å²) in [6.45, 7) is 3.56. The zero-order chi connectivity index (χ0) is 12.3. The number of rotatable bonds is 3. The van der Waals surface area contributed by atoms with E-state index in [2.05, 4.69) is 0 Å². The van der Waals surface area contributed by atoms with E-state index in [9.17, 15) is 9.18 Å². The van der Waals surface area contributed by atoms with Gasteiger partial charge in [-0.3, -0.25) is 4.79 Å². The number of amides is 1. The van der Waals surface area contributed by atoms with Crippen molar-refractivity contribution < 1.29 is 9.18 Å². The second-order valence-corrected chi connectivity index (χ2v) is 4.58. The number of nitrogens with zero attached hydrogens (tertiary/aromatic N) is 1. The molecule has 1 fully saturated rings. The number of hydrogen-bond donors (Lipinski definition) is 0. The Hall–Kier alpha value is -1.38. The Bertz CT molecular complexity index is 397. The van der Waals surface area contributed by atoms with Crippen LogP contribution in [0.5, 0.6) is 0 Å². The van der Waals surface area contributed by atoms with E-state index in [-0.39, 0.29) is 5.82 Å². The minimum absolute atomic E-state index is 0.0946. The summed E-state index contributed by atoms with van der Waals surface area (Å²) >= 11 is 0. The minimum atomic E-state index is -0.0946. The molecule has 1 saturated heterocycles. The van der Waals surface area contributed by atoms with Crippen molar-refractivity contribution in [2.24, 2.45) is 0 Å². The quantitative estimate of drug-likeness (QED) is 0.738. The third kappa shape index (κ3) is 2.48. The van der Waals surface area contributed by atoms with Crippen LogP contribution in [0.4, 0.5) is 4.39 Å². The van der Waals surface area contributed by atoms with Crippen molar-refractivity contribution in [2.45, 2.75) is 32.1 Å². The van der Waals surface area contributed by atoms with Crippen molar-refractivity contribution in [1.82, 2.24) is 4.90 Å². The van der Waals surface area contributed by atoms with Gasteiger partial charge in [0.2, 0.25) is 6.41 Å². The first-order valence-electron chi connectivity index (χ1n) is 6.23. The summed E-state index contributed by atoms with van der Waals surface area (Å²) in [7, 11) is 0. The summed E-state index contributed by atoms with van der Waals surface area (Å²) in [5.74, 6) is 0.305. The van der Waals surface area contributed by atoms with E-state index in [1.54, 1.807) is 11.0 Å². The van der Waals surface area contributed by atoms with Gasteiger partial charge in [-0.25, -0.2) is 4.39 Å². The predicted molar refractivity (Wildman–Crippen MR) is 65.4 cm³/mol. The summed E-state index contributed by atoms with van der Waals surface area (Å²) in [4.78, 5) is 12.4. The first-order chi connectivity index (χ1) is 8.26. The molecule has 1 amide bonds. The lowest BCUT2D eigenvalue weighted by Gasteiger charge is -2.30. The Morgan fingerprint density at radius 3 is 2.71 bits per heavy atom. The monoisotopic (exact) mass is 235 g/mol. The van der Waals surface area contributed by atoms with Crippen LogP contribution in [0, 0.1) is 5.82 Å². The average molecular weight is 235 g/mol. The van der Waals surface area contributed by atoms with Crippen LogP contribution < -0.4 is 0 Å². The van der Waals surface area contributed by atoms with Crippen molar-refractivity contribution in [2.75, 3.05) is 13.1 Å². The van der Waals surface area contributed by atoms with Gasteiger partial charge in [0.25, 0.3) is 0 Å². The number of carbonyl (C=O) groups is 1. The van der Waals surface area contributed by atoms with Gasteiger partial charge in [-0.05, 0) is 42.4 Å². The molecule has 17 heavy (non-hydrogen) atoms. The lowest BCUT2D eigenvalue weighted by atomic mass is 9.86. The molecule has 0 spiro atoms. The van der Waals surface area contributed by atoms with Crippen LogP contribution in [0.25, 0.3) is 0 Å². The highest BCUT2D eigenvalue weighted by atomic mass is 19.1. The molecular formula is C14H18FNO. The van der Waals surface area contributed by atoms with E-state index in [0.717, 1.165) is 49.9 Å². The van der Waals surface area contributed by atoms with Gasteiger partial charge in [0.05, 0.1) is 0 Å². The van der Waals surface area contributed by atoms with Gasteiger partial charge in [-0.15, -0.1) is 0 Å². The lowest BCUT2D eigenvalue weighted by Crippen LogP contribution is -2.32. The Morgan fingerprint density at radius 1 is 1.41 bits per heavy atom. The molecule has 0 bridgehead atoms. The van der Waals surface area contributed by atoms with Gasteiger partial charge < -0.3 is 4.90 Å². The van der Waals surface area contributed by atoms with E-state index in [0.29, 0.717) is 5.92 Å². The summed E-state index contributed by atoms with van der Waals surface area (Å²) in [6.07, 6.45) is 3.52. The zero-order valence-electron chi connectivity index (χ0n) is 10.2. The molecule has 92 valence electrons. The number of piperidine rings is 1. The van der Waals surface area contributed by atoms with Crippen molar-refractivity contribution >= 4 is 6.41 Å². The molecule has 1 aliphatic heterocycles. The molecule has 0 unspecified atom stereocenters. The Morgan fingerprint density at radius 2 is 2.12 bits per heavy atom. The largest absolute Gasteiger partial charge is 0.345 e. The summed E-state index contributed by atoms with van der Waals surface area (Å²) < 4.78 is 13.7. The highest BCUT2D eigenvalue weighted by Gasteiger charge is 2.22. The van der Waals surface area contributed by atoms with Crippen LogP contribution >= 0.6 is 0 Å². The number of halogens is 1. The van der Waals surface area contributed by atoms with Crippen LogP contribution in [-0.4, -0.2) is 24.4 Å². The van der Waals surface area contributed by atoms with Crippen molar-refractivity contribution in [3.05, 3.63) is 35.1 Å². The van der Waals surface area contributed by atoms with E-state index >= 15 is 0 Å². The minimum Gasteiger partial charge on any atom is -0.345 e. The molecular weight excluding hydrogens is 217 g/mol. The molecule has 2 rings (SSSR count). The maximum atomic E-state index is 13.7. The molecule has 0 saturated carbocycles. The average Bonchev–Trinajstić information content (AvgIpc) is 2.38. The zero-order valence-corrected chi connectivity index (χ0v) is 10.2. The molecule has 0 N–H and O–H groups in total. The Balaban J connectivity index is 2.18. The third-order valence-electron chi connectivity index (χ3n) is 3.63. The lowest BCUT2D eigenvalue weighted by molar-refractivity contribution is -0.119. The number of likely N-dealkylation sites (tertiary alicyclic amines) is 1. The van der Waals surface area contributed by atoms with E-state index in [1.807, 2.05) is 13.0 Å². The fraction of sp³-hybridized carbons (Fsp3) is 0.500. The number of carbonyl (C=O) groups excluding carboxylic acids is 1. The molecule has 2 nitrogen and oxygen atoms in total. The first kappa shape index (κ1) is 12.1. The molecule has 0 atom stereocenters. The van der Waals surface area contributed by atoms with Crippen molar-refractivity contribution in [1.29, 1.82) is 0 Å². The SMILES string of the molecule is CCc1c(F)cccc1C1CCN(C=O)CC1. The van der Waals surface area contributed by atoms with Crippen LogP contribution in [0.2, 0.25) is 0 Å². The molecule has 3 heteroatoms. The number of hydrogen-bond acceptors (Lipinski definition) is 1. The van der Waals surface area contributed by atoms with E-state index in [1.165, 1.54) is 6.07 Å². The van der Waals surface area contributed by atoms with E-state index < -0.39 is 0 Å². The van der Waals surface area contributed by atoms with E-state index in [4.69, 9.17) is 0 Å². The normalized spacial score (nSPS) is 17.2. The summed E-state index contributed by atoms with van der Waals surface area (Å²) in [5.41, 5.74) is 1.98. The highest BCUT2D eigenvalue weighted by Crippen LogP contribution is 2.31. The first-order valence-corrected chi connectivity index (χ1v) is 6.23. The topological polar surface area (TPSA) is 20.3 Å². The second-order valence-electron chi connectivity index (χ2n) is 4.58. The predicted octanol–water partition coefficient (Wildman–Crippen LogP) is 2.72. The smallest absolute Gasteiger partial charge is 0.209 e. The molecule has 1 aromatic carbocycles. The van der Waals surface area contributed by atoms with Crippen LogP contribution in [-0.2, 0) is 11.2 Å². The van der Waals surface area contributed by atoms with Gasteiger partial charge in [0, 0.05) is 13.1 Å². The van der Waals surface area contributed by atoms with Gasteiger partial charge >= 0.3 is 0 Å². The summed E-state index contributed by atoms with van der Waals surface area (Å²) in [6, 6.07) is 5.35. The van der Waals surface area contributed by atoms with Crippen LogP contribution in [0.3, 0.4) is 0 Å². The Labute approximate surface area is 101 Å². The Kier molecular flexibility index (Phi) is 3.77. The van der Waals surface area contributed by atoms with Gasteiger partial charge in [0.1, 0.15) is 5.82 Å². The van der Waals surface area contributed by atoms with Gasteiger partial charge in [0.15, 0.2) is 0 Å². The molecule has 0 aliphatic carbocycles. The maximum absolute atomic E-state index is 13.7. The fourth-order valence-electron chi connectivity index (χ4n) is 2.65. The third-order valence-corrected chi connectivity index (χ3v) is 3.63. The van der Waals surface area contributed by atoms with Crippen LogP contribution in [0.15, 0.2) is 18.2 Å². The fourth-order valence-corrected chi connectivity index (χ4v) is 2.65. The molecule has 1 heterocycles. The highest BCUT2D eigenvalue weighted by molar-refractivity contribution is 5.47. The van der Waals surface area contributed by atoms with Crippen LogP contribution in [0.1, 0.15) is 36.8 Å². The van der Waals surface area contributed by atoms with Gasteiger partial charge in [-0.1, -0.05) is 19.1 Å². The second kappa shape index (κ2) is 5.30. The molecule has 1 aliphatic rings. The van der Waals surface area contributed by atoms with Crippen molar-refractivity contribution in [3.8, 4) is 0 Å². The van der Waals surface area contributed by atoms with Gasteiger partial charge in [-0.2, -0.15) is 0 Å². The maximum Gasteiger partial charge on any atom is 0.209 e. The number of benzene rings is 1. The van der Waals surface area contributed by atoms with Crippen molar-refractivity contribution in [3.63, 3.8) is 0 Å². The summed E-state index contributed by atoms with van der Waals surface area (Å²) in [5, 5.41) is 0. The molecule has 0 radical (unpaired) electrons. The molecule has 1 aromatic rings. The molecule has 0 aromatic heterocycles.